The first-order chi connectivity index (χ1) is 11.6. The lowest BCUT2D eigenvalue weighted by Gasteiger charge is -2.33. The molecule has 8 heteroatoms. The Bertz CT molecular complexity index is 561. The molecule has 0 radical (unpaired) electrons. The first-order valence-electron chi connectivity index (χ1n) is 8.79. The number of hydrogen-bond donors (Lipinski definition) is 1. The Kier molecular flexibility index (Phi) is 5.35. The molecule has 0 bridgehead atoms. The average Bonchev–Trinajstić information content (AvgIpc) is 3.23. The number of nitrogens with one attached hydrogen (secondary N) is 1. The van der Waals surface area contributed by atoms with Gasteiger partial charge in [0.2, 0.25) is 0 Å². The topological polar surface area (TPSA) is 75.5 Å². The summed E-state index contributed by atoms with van der Waals surface area (Å²) in [6, 6.07) is 0.844. The lowest BCUT2D eigenvalue weighted by molar-refractivity contribution is -0.0221. The smallest absolute Gasteiger partial charge is 0.317 e. The number of hydrogen-bond acceptors (Lipinski definition) is 5. The van der Waals surface area contributed by atoms with E-state index in [-0.39, 0.29) is 18.2 Å². The van der Waals surface area contributed by atoms with Crippen LogP contribution in [0.1, 0.15) is 38.1 Å². The average molecular weight is 336 g/mol. The highest BCUT2D eigenvalue weighted by atomic mass is 16.5. The summed E-state index contributed by atoms with van der Waals surface area (Å²) >= 11 is 0. The number of nitrogens with zero attached hydrogens (tertiary/aromatic N) is 5. The summed E-state index contributed by atoms with van der Waals surface area (Å²) in [5.41, 5.74) is 0. The molecule has 0 spiro atoms. The molecule has 0 aromatic carbocycles. The zero-order valence-corrected chi connectivity index (χ0v) is 14.8. The van der Waals surface area contributed by atoms with Crippen molar-refractivity contribution < 1.29 is 9.53 Å². The standard InChI is InChI=1S/C16H28N6O2/c1-4-21-11-17-19-15(21)14-10-22(7-8-24-14)16(23)18-12-5-6-13(9-12)20(2)3/h11-14H,4-10H2,1-3H3,(H,18,23)/t12-,13-,14-/m0/s1. The third-order valence-electron chi connectivity index (χ3n) is 5.09. The number of amides is 2. The van der Waals surface area contributed by atoms with Crippen LogP contribution >= 0.6 is 0 Å². The summed E-state index contributed by atoms with van der Waals surface area (Å²) in [6.07, 6.45) is 4.72. The van der Waals surface area contributed by atoms with E-state index in [0.29, 0.717) is 25.7 Å². The molecule has 1 aliphatic carbocycles. The van der Waals surface area contributed by atoms with Crippen LogP contribution in [0.5, 0.6) is 0 Å². The molecule has 3 rings (SSSR count). The number of rotatable bonds is 4. The van der Waals surface area contributed by atoms with E-state index in [1.54, 1.807) is 6.33 Å². The highest BCUT2D eigenvalue weighted by molar-refractivity contribution is 5.74. The first kappa shape index (κ1) is 17.2. The van der Waals surface area contributed by atoms with Gasteiger partial charge in [-0.25, -0.2) is 4.79 Å². The molecular weight excluding hydrogens is 308 g/mol. The Morgan fingerprint density at radius 3 is 3.00 bits per heavy atom. The molecule has 8 nitrogen and oxygen atoms in total. The normalized spacial score (nSPS) is 27.7. The van der Waals surface area contributed by atoms with Crippen LogP contribution in [0.2, 0.25) is 0 Å². The van der Waals surface area contributed by atoms with Gasteiger partial charge >= 0.3 is 6.03 Å². The second-order valence-electron chi connectivity index (χ2n) is 6.86. The van der Waals surface area contributed by atoms with Crippen LogP contribution in [-0.2, 0) is 11.3 Å². The van der Waals surface area contributed by atoms with Gasteiger partial charge in [0.25, 0.3) is 0 Å². The molecule has 2 aliphatic rings. The molecular formula is C16H28N6O2. The SMILES string of the molecule is CCn1cnnc1[C@@H]1CN(C(=O)N[C@H]2CC[C@H](N(C)C)C2)CCO1. The predicted octanol–water partition coefficient (Wildman–Crippen LogP) is 0.864. The molecule has 2 amide bonds. The summed E-state index contributed by atoms with van der Waals surface area (Å²) in [6.45, 7) is 4.50. The zero-order chi connectivity index (χ0) is 17.1. The minimum absolute atomic E-state index is 0.00951. The largest absolute Gasteiger partial charge is 0.366 e. The quantitative estimate of drug-likeness (QED) is 0.883. The van der Waals surface area contributed by atoms with Gasteiger partial charge in [0.05, 0.1) is 13.2 Å². The van der Waals surface area contributed by atoms with Crippen LogP contribution in [-0.4, -0.2) is 76.5 Å². The van der Waals surface area contributed by atoms with Gasteiger partial charge in [0, 0.05) is 25.2 Å². The van der Waals surface area contributed by atoms with Crippen molar-refractivity contribution in [3.63, 3.8) is 0 Å². The molecule has 2 heterocycles. The number of ether oxygens (including phenoxy) is 1. The molecule has 1 saturated heterocycles. The molecule has 1 saturated carbocycles. The van der Waals surface area contributed by atoms with Gasteiger partial charge in [0.1, 0.15) is 12.4 Å². The Morgan fingerprint density at radius 1 is 1.46 bits per heavy atom. The summed E-state index contributed by atoms with van der Waals surface area (Å²) in [7, 11) is 4.20. The molecule has 134 valence electrons. The zero-order valence-electron chi connectivity index (χ0n) is 14.8. The van der Waals surface area contributed by atoms with Crippen LogP contribution in [0.4, 0.5) is 4.79 Å². The van der Waals surface area contributed by atoms with Crippen molar-refractivity contribution in [2.24, 2.45) is 0 Å². The fraction of sp³-hybridized carbons (Fsp3) is 0.812. The van der Waals surface area contributed by atoms with Crippen molar-refractivity contribution in [3.05, 3.63) is 12.2 Å². The number of aryl methyl sites for hydroxylation is 1. The Hall–Kier alpha value is -1.67. The predicted molar refractivity (Wildman–Crippen MR) is 89.6 cm³/mol. The van der Waals surface area contributed by atoms with Crippen LogP contribution in [0.3, 0.4) is 0 Å². The summed E-state index contributed by atoms with van der Waals surface area (Å²) in [5.74, 6) is 0.795. The lowest BCUT2D eigenvalue weighted by atomic mass is 10.2. The molecule has 1 aliphatic heterocycles. The first-order valence-corrected chi connectivity index (χ1v) is 8.79. The highest BCUT2D eigenvalue weighted by Gasteiger charge is 2.32. The third-order valence-corrected chi connectivity index (χ3v) is 5.09. The van der Waals surface area contributed by atoms with E-state index < -0.39 is 0 Å². The Morgan fingerprint density at radius 2 is 2.29 bits per heavy atom. The maximum Gasteiger partial charge on any atom is 0.317 e. The van der Waals surface area contributed by atoms with E-state index in [9.17, 15) is 4.79 Å². The Balaban J connectivity index is 1.56. The third kappa shape index (κ3) is 3.70. The van der Waals surface area contributed by atoms with Crippen LogP contribution in [0, 0.1) is 0 Å². The second kappa shape index (κ2) is 7.48. The summed E-state index contributed by atoms with van der Waals surface area (Å²) in [5, 5.41) is 11.3. The van der Waals surface area contributed by atoms with Crippen molar-refractivity contribution in [2.45, 2.75) is 50.9 Å². The van der Waals surface area contributed by atoms with Gasteiger partial charge < -0.3 is 24.4 Å². The van der Waals surface area contributed by atoms with Gasteiger partial charge in [0.15, 0.2) is 5.82 Å². The fourth-order valence-electron chi connectivity index (χ4n) is 3.57. The maximum absolute atomic E-state index is 12.6. The van der Waals surface area contributed by atoms with Crippen molar-refractivity contribution >= 4 is 6.03 Å². The number of carbonyl (C=O) groups excluding carboxylic acids is 1. The molecule has 1 aromatic rings. The van der Waals surface area contributed by atoms with E-state index in [1.807, 2.05) is 16.4 Å². The second-order valence-corrected chi connectivity index (χ2v) is 6.86. The van der Waals surface area contributed by atoms with E-state index in [2.05, 4.69) is 34.5 Å². The van der Waals surface area contributed by atoms with Crippen molar-refractivity contribution in [2.75, 3.05) is 33.8 Å². The van der Waals surface area contributed by atoms with Gasteiger partial charge in [-0.1, -0.05) is 0 Å². The fourth-order valence-corrected chi connectivity index (χ4v) is 3.57. The number of carbonyl (C=O) groups is 1. The minimum Gasteiger partial charge on any atom is -0.366 e. The van der Waals surface area contributed by atoms with Crippen molar-refractivity contribution in [3.8, 4) is 0 Å². The molecule has 3 atom stereocenters. The summed E-state index contributed by atoms with van der Waals surface area (Å²) < 4.78 is 7.78. The van der Waals surface area contributed by atoms with Crippen LogP contribution in [0.15, 0.2) is 6.33 Å². The molecule has 0 unspecified atom stereocenters. The monoisotopic (exact) mass is 336 g/mol. The van der Waals surface area contributed by atoms with E-state index in [4.69, 9.17) is 4.74 Å². The van der Waals surface area contributed by atoms with E-state index >= 15 is 0 Å². The van der Waals surface area contributed by atoms with Gasteiger partial charge in [-0.3, -0.25) is 0 Å². The summed E-state index contributed by atoms with van der Waals surface area (Å²) in [4.78, 5) is 16.7. The number of morpholine rings is 1. The van der Waals surface area contributed by atoms with Crippen molar-refractivity contribution in [1.29, 1.82) is 0 Å². The maximum atomic E-state index is 12.6. The van der Waals surface area contributed by atoms with Crippen LogP contribution < -0.4 is 5.32 Å². The van der Waals surface area contributed by atoms with Crippen LogP contribution in [0.25, 0.3) is 0 Å². The molecule has 1 N–H and O–H groups in total. The van der Waals surface area contributed by atoms with Gasteiger partial charge in [-0.05, 0) is 40.3 Å². The Labute approximate surface area is 143 Å². The minimum atomic E-state index is -0.204. The molecule has 1 aromatic heterocycles. The number of urea groups is 1. The van der Waals surface area contributed by atoms with E-state index in [1.165, 1.54) is 0 Å². The highest BCUT2D eigenvalue weighted by Crippen LogP contribution is 2.24. The van der Waals surface area contributed by atoms with Gasteiger partial charge in [-0.15, -0.1) is 10.2 Å². The molecule has 2 fully saturated rings. The number of aromatic nitrogens is 3. The van der Waals surface area contributed by atoms with Crippen molar-refractivity contribution in [1.82, 2.24) is 29.9 Å². The lowest BCUT2D eigenvalue weighted by Crippen LogP contribution is -2.50. The van der Waals surface area contributed by atoms with E-state index in [0.717, 1.165) is 31.6 Å². The molecule has 24 heavy (non-hydrogen) atoms. The van der Waals surface area contributed by atoms with Gasteiger partial charge in [-0.2, -0.15) is 0 Å².